The number of methoxy groups -OCH3 is 1. The van der Waals surface area contributed by atoms with Crippen LogP contribution >= 0.6 is 15.9 Å². The van der Waals surface area contributed by atoms with E-state index in [1.807, 2.05) is 13.8 Å². The third kappa shape index (κ3) is 2.99. The van der Waals surface area contributed by atoms with Gasteiger partial charge in [0.1, 0.15) is 11.6 Å². The van der Waals surface area contributed by atoms with E-state index < -0.39 is 0 Å². The van der Waals surface area contributed by atoms with E-state index in [1.54, 1.807) is 19.1 Å². The van der Waals surface area contributed by atoms with Crippen LogP contribution in [0.5, 0.6) is 5.75 Å². The van der Waals surface area contributed by atoms with E-state index in [0.717, 1.165) is 0 Å². The average molecular weight is 249 g/mol. The number of benzene rings is 1. The lowest BCUT2D eigenvalue weighted by molar-refractivity contribution is 0.407. The predicted octanol–water partition coefficient (Wildman–Crippen LogP) is 3.93. The van der Waals surface area contributed by atoms with Crippen molar-refractivity contribution in [3.8, 4) is 5.75 Å². The fourth-order valence-electron chi connectivity index (χ4n) is 0.855. The first-order valence-corrected chi connectivity index (χ1v) is 4.94. The van der Waals surface area contributed by atoms with Crippen molar-refractivity contribution >= 4 is 15.9 Å². The van der Waals surface area contributed by atoms with Crippen LogP contribution in [-0.4, -0.2) is 7.11 Å². The monoisotopic (exact) mass is 248 g/mol. The first kappa shape index (κ1) is 12.4. The molecule has 0 bridgehead atoms. The summed E-state index contributed by atoms with van der Waals surface area (Å²) in [6, 6.07) is 3.35. The van der Waals surface area contributed by atoms with Crippen molar-refractivity contribution in [2.75, 3.05) is 7.11 Å². The zero-order chi connectivity index (χ0) is 10.4. The highest BCUT2D eigenvalue weighted by atomic mass is 79.9. The Hall–Kier alpha value is -0.570. The molecular weight excluding hydrogens is 235 g/mol. The Morgan fingerprint density at radius 3 is 2.31 bits per heavy atom. The van der Waals surface area contributed by atoms with Gasteiger partial charge in [0.05, 0.1) is 11.6 Å². The lowest BCUT2D eigenvalue weighted by atomic mass is 10.2. The van der Waals surface area contributed by atoms with E-state index in [1.165, 1.54) is 7.11 Å². The number of halogens is 2. The Morgan fingerprint density at radius 2 is 1.85 bits per heavy atom. The van der Waals surface area contributed by atoms with Crippen LogP contribution in [0.25, 0.3) is 0 Å². The fourth-order valence-corrected chi connectivity index (χ4v) is 1.28. The van der Waals surface area contributed by atoms with Crippen LogP contribution in [0.4, 0.5) is 4.39 Å². The van der Waals surface area contributed by atoms with Crippen molar-refractivity contribution in [1.29, 1.82) is 0 Å². The largest absolute Gasteiger partial charge is 0.496 e. The lowest BCUT2D eigenvalue weighted by Crippen LogP contribution is -1.90. The summed E-state index contributed by atoms with van der Waals surface area (Å²) in [6.45, 7) is 5.68. The summed E-state index contributed by atoms with van der Waals surface area (Å²) in [5, 5.41) is 0. The highest BCUT2D eigenvalue weighted by Crippen LogP contribution is 2.26. The van der Waals surface area contributed by atoms with E-state index in [4.69, 9.17) is 4.74 Å². The molecule has 1 aromatic carbocycles. The molecular formula is C10H14BrFO. The molecule has 3 heteroatoms. The van der Waals surface area contributed by atoms with Crippen LogP contribution in [0.1, 0.15) is 19.4 Å². The molecule has 13 heavy (non-hydrogen) atoms. The van der Waals surface area contributed by atoms with Crippen molar-refractivity contribution in [3.63, 3.8) is 0 Å². The molecule has 0 aliphatic carbocycles. The van der Waals surface area contributed by atoms with Gasteiger partial charge in [0, 0.05) is 5.56 Å². The fraction of sp³-hybridized carbons (Fsp3) is 0.400. The molecule has 0 unspecified atom stereocenters. The third-order valence-corrected chi connectivity index (χ3v) is 2.12. The summed E-state index contributed by atoms with van der Waals surface area (Å²) in [4.78, 5) is 0. The van der Waals surface area contributed by atoms with Gasteiger partial charge in [-0.1, -0.05) is 13.8 Å². The second kappa shape index (κ2) is 5.97. The average Bonchev–Trinajstić information content (AvgIpc) is 2.18. The van der Waals surface area contributed by atoms with Gasteiger partial charge in [-0.05, 0) is 35.0 Å². The lowest BCUT2D eigenvalue weighted by Gasteiger charge is -2.05. The predicted molar refractivity (Wildman–Crippen MR) is 56.7 cm³/mol. The van der Waals surface area contributed by atoms with E-state index >= 15 is 0 Å². The van der Waals surface area contributed by atoms with Crippen LogP contribution in [0.2, 0.25) is 0 Å². The molecule has 0 aromatic heterocycles. The van der Waals surface area contributed by atoms with Gasteiger partial charge in [-0.2, -0.15) is 0 Å². The van der Waals surface area contributed by atoms with Crippen LogP contribution in [-0.2, 0) is 0 Å². The highest BCUT2D eigenvalue weighted by molar-refractivity contribution is 9.10. The molecule has 0 N–H and O–H groups in total. The molecule has 0 radical (unpaired) electrons. The molecule has 0 spiro atoms. The molecule has 0 heterocycles. The van der Waals surface area contributed by atoms with Crippen LogP contribution in [0, 0.1) is 12.7 Å². The van der Waals surface area contributed by atoms with E-state index in [9.17, 15) is 4.39 Å². The van der Waals surface area contributed by atoms with Crippen molar-refractivity contribution in [2.24, 2.45) is 0 Å². The molecule has 74 valence electrons. The van der Waals surface area contributed by atoms with Crippen molar-refractivity contribution in [1.82, 2.24) is 0 Å². The SMILES string of the molecule is CC.COc1ccc(Br)c(F)c1C. The van der Waals surface area contributed by atoms with E-state index in [2.05, 4.69) is 15.9 Å². The maximum atomic E-state index is 13.1. The molecule has 0 fully saturated rings. The maximum absolute atomic E-state index is 13.1. The quantitative estimate of drug-likeness (QED) is 0.732. The minimum absolute atomic E-state index is 0.260. The van der Waals surface area contributed by atoms with Gasteiger partial charge in [-0.25, -0.2) is 4.39 Å². The number of rotatable bonds is 1. The number of hydrogen-bond acceptors (Lipinski definition) is 1. The number of hydrogen-bond donors (Lipinski definition) is 0. The zero-order valence-electron chi connectivity index (χ0n) is 8.32. The van der Waals surface area contributed by atoms with Crippen molar-refractivity contribution in [2.45, 2.75) is 20.8 Å². The first-order valence-electron chi connectivity index (χ1n) is 4.15. The Labute approximate surface area is 87.0 Å². The molecule has 0 aliphatic heterocycles. The van der Waals surface area contributed by atoms with Gasteiger partial charge in [0.15, 0.2) is 0 Å². The maximum Gasteiger partial charge on any atom is 0.143 e. The molecule has 0 atom stereocenters. The molecule has 0 saturated carbocycles. The van der Waals surface area contributed by atoms with Crippen molar-refractivity contribution in [3.05, 3.63) is 28.0 Å². The summed E-state index contributed by atoms with van der Waals surface area (Å²) >= 11 is 3.08. The first-order chi connectivity index (χ1) is 6.16. The molecule has 0 saturated heterocycles. The third-order valence-electron chi connectivity index (χ3n) is 1.51. The standard InChI is InChI=1S/C8H8BrFO.C2H6/c1-5-7(11-2)4-3-6(9)8(5)10;1-2/h3-4H,1-2H3;1-2H3. The van der Waals surface area contributed by atoms with Gasteiger partial charge < -0.3 is 4.74 Å². The zero-order valence-corrected chi connectivity index (χ0v) is 9.90. The normalized spacial score (nSPS) is 8.77. The minimum atomic E-state index is -0.260. The number of ether oxygens (including phenoxy) is 1. The summed E-state index contributed by atoms with van der Waals surface area (Å²) in [5.41, 5.74) is 0.530. The molecule has 1 nitrogen and oxygen atoms in total. The Balaban J connectivity index is 0.000000671. The minimum Gasteiger partial charge on any atom is -0.496 e. The summed E-state index contributed by atoms with van der Waals surface area (Å²) in [5.74, 6) is 0.315. The molecule has 1 aromatic rings. The topological polar surface area (TPSA) is 9.23 Å². The van der Waals surface area contributed by atoms with Crippen LogP contribution in [0.3, 0.4) is 0 Å². The Bertz CT molecular complexity index is 274. The smallest absolute Gasteiger partial charge is 0.143 e. The van der Waals surface area contributed by atoms with E-state index in [0.29, 0.717) is 15.8 Å². The van der Waals surface area contributed by atoms with E-state index in [-0.39, 0.29) is 5.82 Å². The highest BCUT2D eigenvalue weighted by Gasteiger charge is 2.06. The second-order valence-corrected chi connectivity index (χ2v) is 3.04. The van der Waals surface area contributed by atoms with Gasteiger partial charge >= 0.3 is 0 Å². The van der Waals surface area contributed by atoms with Crippen LogP contribution in [0.15, 0.2) is 16.6 Å². The van der Waals surface area contributed by atoms with Gasteiger partial charge in [-0.3, -0.25) is 0 Å². The van der Waals surface area contributed by atoms with Crippen molar-refractivity contribution < 1.29 is 9.13 Å². The second-order valence-electron chi connectivity index (χ2n) is 2.19. The Kier molecular flexibility index (Phi) is 5.71. The van der Waals surface area contributed by atoms with Gasteiger partial charge in [0.2, 0.25) is 0 Å². The Morgan fingerprint density at radius 1 is 1.31 bits per heavy atom. The molecule has 0 amide bonds. The van der Waals surface area contributed by atoms with Gasteiger partial charge in [0.25, 0.3) is 0 Å². The van der Waals surface area contributed by atoms with Gasteiger partial charge in [-0.15, -0.1) is 0 Å². The van der Waals surface area contributed by atoms with Crippen LogP contribution < -0.4 is 4.74 Å². The summed E-state index contributed by atoms with van der Waals surface area (Å²) < 4.78 is 18.4. The molecule has 0 aliphatic rings. The summed E-state index contributed by atoms with van der Waals surface area (Å²) in [6.07, 6.45) is 0. The summed E-state index contributed by atoms with van der Waals surface area (Å²) in [7, 11) is 1.52. The molecule has 1 rings (SSSR count).